The van der Waals surface area contributed by atoms with Gasteiger partial charge in [-0.05, 0) is 18.9 Å². The van der Waals surface area contributed by atoms with E-state index >= 15 is 0 Å². The van der Waals surface area contributed by atoms with Crippen LogP contribution in [0.2, 0.25) is 0 Å². The van der Waals surface area contributed by atoms with E-state index < -0.39 is 0 Å². The number of amides is 1. The van der Waals surface area contributed by atoms with Crippen LogP contribution in [0.4, 0.5) is 5.82 Å². The zero-order valence-corrected chi connectivity index (χ0v) is 14.6. The van der Waals surface area contributed by atoms with Crippen LogP contribution in [0.3, 0.4) is 0 Å². The van der Waals surface area contributed by atoms with Crippen LogP contribution in [0.25, 0.3) is 5.82 Å². The largest absolute Gasteiger partial charge is 0.353 e. The van der Waals surface area contributed by atoms with Gasteiger partial charge in [0.15, 0.2) is 5.82 Å². The van der Waals surface area contributed by atoms with Crippen LogP contribution in [0.15, 0.2) is 30.9 Å². The van der Waals surface area contributed by atoms with Crippen molar-refractivity contribution in [1.82, 2.24) is 24.6 Å². The molecule has 3 heterocycles. The van der Waals surface area contributed by atoms with Crippen molar-refractivity contribution in [3.8, 4) is 5.82 Å². The van der Waals surface area contributed by atoms with Crippen molar-refractivity contribution in [2.75, 3.05) is 31.1 Å². The second-order valence-electron chi connectivity index (χ2n) is 6.81. The number of carbonyl (C=O) groups is 2. The third kappa shape index (κ3) is 3.44. The molecule has 4 rings (SSSR count). The Morgan fingerprint density at radius 3 is 2.46 bits per heavy atom. The molecule has 2 fully saturated rings. The molecule has 1 aliphatic heterocycles. The highest BCUT2D eigenvalue weighted by molar-refractivity contribution is 5.84. The van der Waals surface area contributed by atoms with E-state index in [1.54, 1.807) is 17.2 Å². The summed E-state index contributed by atoms with van der Waals surface area (Å²) in [7, 11) is 0. The van der Waals surface area contributed by atoms with E-state index in [-0.39, 0.29) is 17.6 Å². The number of aromatic nitrogens is 4. The second kappa shape index (κ2) is 7.23. The minimum Gasteiger partial charge on any atom is -0.353 e. The summed E-state index contributed by atoms with van der Waals surface area (Å²) in [5.74, 6) is 2.09. The van der Waals surface area contributed by atoms with Crippen LogP contribution in [0.1, 0.15) is 25.7 Å². The molecule has 1 aliphatic carbocycles. The lowest BCUT2D eigenvalue weighted by Gasteiger charge is -2.37. The van der Waals surface area contributed by atoms with E-state index in [9.17, 15) is 9.59 Å². The van der Waals surface area contributed by atoms with Crippen molar-refractivity contribution in [3.63, 3.8) is 0 Å². The highest BCUT2D eigenvalue weighted by atomic mass is 16.2. The second-order valence-corrected chi connectivity index (χ2v) is 6.81. The molecule has 0 aromatic carbocycles. The van der Waals surface area contributed by atoms with E-state index in [0.29, 0.717) is 38.8 Å². The first-order chi connectivity index (χ1) is 12.7. The summed E-state index contributed by atoms with van der Waals surface area (Å²) in [5.41, 5.74) is 0. The van der Waals surface area contributed by atoms with Gasteiger partial charge in [-0.1, -0.05) is 0 Å². The number of nitrogens with zero attached hydrogens (tertiary/aromatic N) is 6. The van der Waals surface area contributed by atoms with Crippen LogP contribution < -0.4 is 4.90 Å². The Morgan fingerprint density at radius 2 is 1.77 bits per heavy atom. The smallest absolute Gasteiger partial charge is 0.225 e. The van der Waals surface area contributed by atoms with Crippen LogP contribution in [0, 0.1) is 5.92 Å². The van der Waals surface area contributed by atoms with Gasteiger partial charge in [-0.25, -0.2) is 14.6 Å². The Labute approximate surface area is 151 Å². The molecule has 2 aromatic heterocycles. The van der Waals surface area contributed by atoms with Gasteiger partial charge < -0.3 is 9.80 Å². The molecule has 26 heavy (non-hydrogen) atoms. The topological polar surface area (TPSA) is 84.2 Å². The lowest BCUT2D eigenvalue weighted by molar-refractivity contribution is -0.137. The zero-order valence-electron chi connectivity index (χ0n) is 14.6. The van der Waals surface area contributed by atoms with Crippen LogP contribution in [-0.2, 0) is 9.59 Å². The number of rotatable bonds is 3. The molecule has 8 heteroatoms. The fourth-order valence-electron chi connectivity index (χ4n) is 3.64. The molecule has 0 unspecified atom stereocenters. The van der Waals surface area contributed by atoms with Crippen LogP contribution >= 0.6 is 0 Å². The van der Waals surface area contributed by atoms with Gasteiger partial charge in [0, 0.05) is 63.4 Å². The molecular weight excluding hydrogens is 332 g/mol. The van der Waals surface area contributed by atoms with Gasteiger partial charge in [0.2, 0.25) is 5.91 Å². The zero-order chi connectivity index (χ0) is 17.9. The number of piperazine rings is 1. The Bertz CT molecular complexity index is 773. The predicted octanol–water partition coefficient (Wildman–Crippen LogP) is 1.07. The van der Waals surface area contributed by atoms with Gasteiger partial charge in [0.25, 0.3) is 0 Å². The molecule has 0 bridgehead atoms. The summed E-state index contributed by atoms with van der Waals surface area (Å²) in [4.78, 5) is 36.8. The molecule has 8 nitrogen and oxygen atoms in total. The molecule has 1 saturated carbocycles. The molecule has 0 radical (unpaired) electrons. The van der Waals surface area contributed by atoms with Gasteiger partial charge in [0.05, 0.1) is 0 Å². The van der Waals surface area contributed by atoms with E-state index in [0.717, 1.165) is 24.7 Å². The average molecular weight is 354 g/mol. The number of hydrogen-bond donors (Lipinski definition) is 0. The third-order valence-electron chi connectivity index (χ3n) is 5.19. The summed E-state index contributed by atoms with van der Waals surface area (Å²) in [6.07, 6.45) is 7.61. The maximum atomic E-state index is 12.7. The Balaban J connectivity index is 1.37. The normalized spacial score (nSPS) is 19.0. The van der Waals surface area contributed by atoms with Crippen molar-refractivity contribution >= 4 is 17.5 Å². The molecule has 0 N–H and O–H groups in total. The number of anilines is 1. The van der Waals surface area contributed by atoms with Crippen molar-refractivity contribution in [3.05, 3.63) is 30.9 Å². The highest BCUT2D eigenvalue weighted by Gasteiger charge is 2.30. The van der Waals surface area contributed by atoms with Gasteiger partial charge in [-0.15, -0.1) is 0 Å². The number of ketones is 1. The van der Waals surface area contributed by atoms with Gasteiger partial charge >= 0.3 is 0 Å². The fraction of sp³-hybridized carbons (Fsp3) is 0.500. The first-order valence-electron chi connectivity index (χ1n) is 9.08. The minimum atomic E-state index is 0.0183. The van der Waals surface area contributed by atoms with Crippen LogP contribution in [0.5, 0.6) is 0 Å². The first-order valence-corrected chi connectivity index (χ1v) is 9.08. The molecule has 1 amide bonds. The number of carbonyl (C=O) groups excluding carboxylic acids is 2. The molecule has 2 aliphatic rings. The SMILES string of the molecule is O=C1CCC(C(=O)N2CCN(c3cc(-n4cccn4)ncn3)CC2)CC1. The fourth-order valence-corrected chi connectivity index (χ4v) is 3.64. The molecule has 136 valence electrons. The van der Waals surface area contributed by atoms with Gasteiger partial charge in [-0.3, -0.25) is 9.59 Å². The van der Waals surface area contributed by atoms with E-state index in [1.807, 2.05) is 23.2 Å². The standard InChI is InChI=1S/C18H22N6O2/c25-15-4-2-14(3-5-15)18(26)23-10-8-22(9-11-23)16-12-17(20-13-19-16)24-7-1-6-21-24/h1,6-7,12-14H,2-5,8-11H2. The summed E-state index contributed by atoms with van der Waals surface area (Å²) in [6, 6.07) is 3.77. The molecule has 0 spiro atoms. The maximum absolute atomic E-state index is 12.7. The van der Waals surface area contributed by atoms with E-state index in [4.69, 9.17) is 0 Å². The molecular formula is C18H22N6O2. The Hall–Kier alpha value is -2.77. The Kier molecular flexibility index (Phi) is 4.64. The molecule has 1 saturated heterocycles. The summed E-state index contributed by atoms with van der Waals surface area (Å²) >= 11 is 0. The van der Waals surface area contributed by atoms with Crippen molar-refractivity contribution in [2.24, 2.45) is 5.92 Å². The monoisotopic (exact) mass is 354 g/mol. The minimum absolute atomic E-state index is 0.0183. The first kappa shape index (κ1) is 16.7. The van der Waals surface area contributed by atoms with Crippen molar-refractivity contribution in [1.29, 1.82) is 0 Å². The Morgan fingerprint density at radius 1 is 1.04 bits per heavy atom. The number of Topliss-reactive ketones (excluding diaryl/α,β-unsaturated/α-hetero) is 1. The number of hydrogen-bond acceptors (Lipinski definition) is 6. The maximum Gasteiger partial charge on any atom is 0.225 e. The molecule has 2 aromatic rings. The van der Waals surface area contributed by atoms with Crippen molar-refractivity contribution < 1.29 is 9.59 Å². The van der Waals surface area contributed by atoms with Gasteiger partial charge in [-0.2, -0.15) is 5.10 Å². The predicted molar refractivity (Wildman–Crippen MR) is 94.9 cm³/mol. The quantitative estimate of drug-likeness (QED) is 0.820. The van der Waals surface area contributed by atoms with Crippen molar-refractivity contribution in [2.45, 2.75) is 25.7 Å². The third-order valence-corrected chi connectivity index (χ3v) is 5.19. The van der Waals surface area contributed by atoms with E-state index in [2.05, 4.69) is 20.0 Å². The average Bonchev–Trinajstić information content (AvgIpc) is 3.23. The molecule has 0 atom stereocenters. The highest BCUT2D eigenvalue weighted by Crippen LogP contribution is 2.24. The van der Waals surface area contributed by atoms with Gasteiger partial charge in [0.1, 0.15) is 17.9 Å². The lowest BCUT2D eigenvalue weighted by Crippen LogP contribution is -2.51. The summed E-state index contributed by atoms with van der Waals surface area (Å²) in [6.45, 7) is 2.86. The summed E-state index contributed by atoms with van der Waals surface area (Å²) < 4.78 is 1.70. The van der Waals surface area contributed by atoms with E-state index in [1.165, 1.54) is 0 Å². The summed E-state index contributed by atoms with van der Waals surface area (Å²) in [5, 5.41) is 4.20. The lowest BCUT2D eigenvalue weighted by atomic mass is 9.87. The van der Waals surface area contributed by atoms with Crippen LogP contribution in [-0.4, -0.2) is 62.5 Å².